The molecular weight excluding hydrogens is 399 g/mol. The molecule has 2 aliphatic heterocycles. The highest BCUT2D eigenvalue weighted by atomic mass is 35.5. The van der Waals surface area contributed by atoms with Crippen molar-refractivity contribution >= 4 is 35.0 Å². The molecule has 5 rings (SSSR count). The molecule has 28 heavy (non-hydrogen) atoms. The number of pyridine rings is 1. The van der Waals surface area contributed by atoms with Crippen LogP contribution >= 0.6 is 23.2 Å². The van der Waals surface area contributed by atoms with E-state index in [0.29, 0.717) is 34.3 Å². The molecule has 3 aromatic rings. The van der Waals surface area contributed by atoms with Gasteiger partial charge in [-0.1, -0.05) is 40.4 Å². The summed E-state index contributed by atoms with van der Waals surface area (Å²) in [4.78, 5) is 7.00. The zero-order valence-electron chi connectivity index (χ0n) is 14.9. The van der Waals surface area contributed by atoms with Gasteiger partial charge in [-0.15, -0.1) is 0 Å². The van der Waals surface area contributed by atoms with Gasteiger partial charge in [0, 0.05) is 49.9 Å². The number of halogens is 2. The van der Waals surface area contributed by atoms with E-state index in [1.54, 1.807) is 10.7 Å². The van der Waals surface area contributed by atoms with Gasteiger partial charge in [0.1, 0.15) is 5.82 Å². The van der Waals surface area contributed by atoms with Gasteiger partial charge in [0.25, 0.3) is 0 Å². The first-order valence-corrected chi connectivity index (χ1v) is 9.86. The van der Waals surface area contributed by atoms with Crippen LogP contribution in [-0.2, 0) is 6.54 Å². The van der Waals surface area contributed by atoms with Crippen molar-refractivity contribution in [1.82, 2.24) is 30.5 Å². The molecule has 0 spiro atoms. The number of hydrogen-bond donors (Lipinski definition) is 2. The summed E-state index contributed by atoms with van der Waals surface area (Å²) >= 11 is 12.4. The third-order valence-corrected chi connectivity index (χ3v) is 6.15. The summed E-state index contributed by atoms with van der Waals surface area (Å²) in [7, 11) is 0. The highest BCUT2D eigenvalue weighted by molar-refractivity contribution is 6.43. The number of fused-ring (bicyclic) bond motifs is 1. The van der Waals surface area contributed by atoms with Crippen molar-refractivity contribution in [3.05, 3.63) is 52.1 Å². The summed E-state index contributed by atoms with van der Waals surface area (Å²) in [5.74, 6) is 2.22. The molecule has 2 N–H and O–H groups in total. The molecular formula is C18H18Cl2N8. The van der Waals surface area contributed by atoms with Crippen LogP contribution in [0, 0.1) is 5.92 Å². The molecule has 0 unspecified atom stereocenters. The fourth-order valence-electron chi connectivity index (χ4n) is 3.88. The average molecular weight is 417 g/mol. The van der Waals surface area contributed by atoms with Crippen LogP contribution < -0.4 is 15.5 Å². The molecule has 0 radical (unpaired) electrons. The van der Waals surface area contributed by atoms with Crippen molar-refractivity contribution in [1.29, 1.82) is 0 Å². The topological polar surface area (TPSA) is 83.8 Å². The van der Waals surface area contributed by atoms with E-state index in [1.165, 1.54) is 0 Å². The third kappa shape index (κ3) is 2.97. The Hall–Kier alpha value is -2.42. The van der Waals surface area contributed by atoms with Crippen molar-refractivity contribution in [2.24, 2.45) is 5.92 Å². The monoisotopic (exact) mass is 416 g/mol. The van der Waals surface area contributed by atoms with Gasteiger partial charge in [-0.05, 0) is 28.6 Å². The minimum Gasteiger partial charge on any atom is -0.351 e. The molecule has 8 nitrogen and oxygen atoms in total. The lowest BCUT2D eigenvalue weighted by atomic mass is 9.91. The second-order valence-electron chi connectivity index (χ2n) is 6.96. The molecule has 0 saturated carbocycles. The second kappa shape index (κ2) is 7.20. The Morgan fingerprint density at radius 1 is 1.18 bits per heavy atom. The van der Waals surface area contributed by atoms with Crippen LogP contribution in [0.4, 0.5) is 11.8 Å². The standard InChI is InChI=1S/C18H18Cl2N8/c19-13-4-1-5-14(16(13)20)28-18(24-25-26-28)23-8-11-3-2-6-22-17(11)27-10-12-7-21-9-15(12)27/h1-6,12,15,21H,7-10H2,(H,23,24,26)/t12-,15-/m1/s1. The second-order valence-corrected chi connectivity index (χ2v) is 7.75. The number of anilines is 2. The zero-order valence-corrected chi connectivity index (χ0v) is 16.4. The lowest BCUT2D eigenvalue weighted by Crippen LogP contribution is -2.56. The minimum absolute atomic E-state index is 0.405. The molecule has 2 atom stereocenters. The number of tetrazole rings is 1. The number of hydrogen-bond acceptors (Lipinski definition) is 7. The maximum Gasteiger partial charge on any atom is 0.248 e. The Morgan fingerprint density at radius 3 is 3.00 bits per heavy atom. The van der Waals surface area contributed by atoms with Crippen LogP contribution in [0.1, 0.15) is 5.56 Å². The Bertz CT molecular complexity index is 1010. The van der Waals surface area contributed by atoms with Gasteiger partial charge < -0.3 is 15.5 Å². The van der Waals surface area contributed by atoms with E-state index in [4.69, 9.17) is 23.2 Å². The minimum atomic E-state index is 0.405. The predicted molar refractivity (Wildman–Crippen MR) is 108 cm³/mol. The Morgan fingerprint density at radius 2 is 2.11 bits per heavy atom. The maximum absolute atomic E-state index is 6.32. The number of nitrogens with one attached hydrogen (secondary N) is 2. The Balaban J connectivity index is 1.37. The molecule has 2 fully saturated rings. The van der Waals surface area contributed by atoms with E-state index in [0.717, 1.165) is 36.9 Å². The van der Waals surface area contributed by atoms with Crippen LogP contribution in [0.15, 0.2) is 36.5 Å². The van der Waals surface area contributed by atoms with Gasteiger partial charge >= 0.3 is 0 Å². The summed E-state index contributed by atoms with van der Waals surface area (Å²) in [6.07, 6.45) is 1.84. The molecule has 144 valence electrons. The molecule has 0 bridgehead atoms. The van der Waals surface area contributed by atoms with E-state index >= 15 is 0 Å². The molecule has 4 heterocycles. The molecule has 1 aromatic carbocycles. The molecule has 0 amide bonds. The normalized spacial score (nSPS) is 20.7. The van der Waals surface area contributed by atoms with Crippen molar-refractivity contribution in [3.8, 4) is 5.69 Å². The summed E-state index contributed by atoms with van der Waals surface area (Å²) in [5.41, 5.74) is 1.72. The van der Waals surface area contributed by atoms with E-state index in [-0.39, 0.29) is 0 Å². The fourth-order valence-corrected chi connectivity index (χ4v) is 4.26. The average Bonchev–Trinajstić information content (AvgIpc) is 3.30. The van der Waals surface area contributed by atoms with Gasteiger partial charge in [0.2, 0.25) is 5.95 Å². The van der Waals surface area contributed by atoms with Gasteiger partial charge in [0.15, 0.2) is 0 Å². The smallest absolute Gasteiger partial charge is 0.248 e. The number of nitrogens with zero attached hydrogens (tertiary/aromatic N) is 6. The maximum atomic E-state index is 6.32. The third-order valence-electron chi connectivity index (χ3n) is 5.34. The van der Waals surface area contributed by atoms with E-state index in [9.17, 15) is 0 Å². The van der Waals surface area contributed by atoms with Crippen LogP contribution in [0.5, 0.6) is 0 Å². The van der Waals surface area contributed by atoms with E-state index < -0.39 is 0 Å². The van der Waals surface area contributed by atoms with Crippen molar-refractivity contribution in [2.75, 3.05) is 29.9 Å². The molecule has 2 aliphatic rings. The first kappa shape index (κ1) is 17.7. The number of aromatic nitrogens is 5. The molecule has 2 aromatic heterocycles. The van der Waals surface area contributed by atoms with Crippen LogP contribution in [0.25, 0.3) is 5.69 Å². The van der Waals surface area contributed by atoms with Gasteiger partial charge in [-0.3, -0.25) is 0 Å². The van der Waals surface area contributed by atoms with Gasteiger partial charge in [-0.2, -0.15) is 4.68 Å². The predicted octanol–water partition coefficient (Wildman–Crippen LogP) is 2.38. The van der Waals surface area contributed by atoms with Crippen LogP contribution in [0.3, 0.4) is 0 Å². The first-order valence-electron chi connectivity index (χ1n) is 9.10. The highest BCUT2D eigenvalue weighted by Gasteiger charge is 2.43. The summed E-state index contributed by atoms with van der Waals surface area (Å²) < 4.78 is 1.55. The van der Waals surface area contributed by atoms with Crippen LogP contribution in [-0.4, -0.2) is 50.9 Å². The van der Waals surface area contributed by atoms with Crippen LogP contribution in [0.2, 0.25) is 10.0 Å². The van der Waals surface area contributed by atoms with Gasteiger partial charge in [0.05, 0.1) is 15.7 Å². The lowest BCUT2D eigenvalue weighted by Gasteiger charge is -2.45. The Kier molecular flexibility index (Phi) is 4.54. The van der Waals surface area contributed by atoms with E-state index in [1.807, 2.05) is 24.4 Å². The summed E-state index contributed by atoms with van der Waals surface area (Å²) in [5, 5.41) is 19.5. The van der Waals surface area contributed by atoms with Gasteiger partial charge in [-0.25, -0.2) is 4.98 Å². The molecule has 0 aliphatic carbocycles. The summed E-state index contributed by atoms with van der Waals surface area (Å²) in [6, 6.07) is 9.91. The first-order chi connectivity index (χ1) is 13.7. The lowest BCUT2D eigenvalue weighted by molar-refractivity contribution is 0.361. The number of benzene rings is 1. The SMILES string of the molecule is Clc1cccc(-n2nnnc2NCc2cccnc2N2C[C@H]3CNC[C@H]32)c1Cl. The van der Waals surface area contributed by atoms with E-state index in [2.05, 4.69) is 42.1 Å². The summed E-state index contributed by atoms with van der Waals surface area (Å²) in [6.45, 7) is 3.69. The highest BCUT2D eigenvalue weighted by Crippen LogP contribution is 2.34. The molecule has 10 heteroatoms. The number of rotatable bonds is 5. The van der Waals surface area contributed by atoms with Crippen molar-refractivity contribution in [3.63, 3.8) is 0 Å². The van der Waals surface area contributed by atoms with Crippen molar-refractivity contribution in [2.45, 2.75) is 12.6 Å². The fraction of sp³-hybridized carbons (Fsp3) is 0.333. The quantitative estimate of drug-likeness (QED) is 0.660. The molecule has 2 saturated heterocycles. The Labute approximate surface area is 171 Å². The zero-order chi connectivity index (χ0) is 19.1. The largest absolute Gasteiger partial charge is 0.351 e. The van der Waals surface area contributed by atoms with Crippen molar-refractivity contribution < 1.29 is 0 Å².